The van der Waals surface area contributed by atoms with Crippen LogP contribution >= 0.6 is 11.3 Å². The zero-order valence-electron chi connectivity index (χ0n) is 11.5. The number of rotatable bonds is 6. The quantitative estimate of drug-likeness (QED) is 0.810. The summed E-state index contributed by atoms with van der Waals surface area (Å²) in [5.74, 6) is 0.294. The van der Waals surface area contributed by atoms with E-state index in [1.165, 1.54) is 30.4 Å². The fraction of sp³-hybridized carbons (Fsp3) is 0.714. The van der Waals surface area contributed by atoms with Gasteiger partial charge in [-0.1, -0.05) is 12.5 Å². The van der Waals surface area contributed by atoms with E-state index in [-0.39, 0.29) is 0 Å². The van der Waals surface area contributed by atoms with Gasteiger partial charge in [-0.05, 0) is 43.7 Å². The normalized spacial score (nSPS) is 21.6. The molecule has 1 atom stereocenters. The molecule has 108 valence electrons. The summed E-state index contributed by atoms with van der Waals surface area (Å²) in [5, 5.41) is 2.12. The van der Waals surface area contributed by atoms with Crippen molar-refractivity contribution in [3.05, 3.63) is 22.4 Å². The van der Waals surface area contributed by atoms with Gasteiger partial charge < -0.3 is 0 Å². The van der Waals surface area contributed by atoms with Crippen molar-refractivity contribution in [2.24, 2.45) is 0 Å². The van der Waals surface area contributed by atoms with Crippen molar-refractivity contribution < 1.29 is 8.42 Å². The van der Waals surface area contributed by atoms with Crippen LogP contribution in [0.25, 0.3) is 0 Å². The molecule has 1 unspecified atom stereocenters. The van der Waals surface area contributed by atoms with Gasteiger partial charge in [-0.15, -0.1) is 11.3 Å². The van der Waals surface area contributed by atoms with E-state index in [2.05, 4.69) is 22.4 Å². The first-order valence-electron chi connectivity index (χ1n) is 6.99. The van der Waals surface area contributed by atoms with Crippen molar-refractivity contribution >= 4 is 21.2 Å². The molecule has 3 nitrogen and oxygen atoms in total. The summed E-state index contributed by atoms with van der Waals surface area (Å²) in [6, 6.07) is 4.86. The van der Waals surface area contributed by atoms with E-state index >= 15 is 0 Å². The Kier molecular flexibility index (Phi) is 5.42. The number of piperidine rings is 1. The number of aryl methyl sites for hydroxylation is 1. The molecule has 2 heterocycles. The Hall–Kier alpha value is -0.390. The van der Waals surface area contributed by atoms with Gasteiger partial charge in [0.1, 0.15) is 9.84 Å². The first-order valence-corrected chi connectivity index (χ1v) is 9.93. The van der Waals surface area contributed by atoms with E-state index in [1.807, 2.05) is 11.3 Å². The molecule has 0 saturated carbocycles. The van der Waals surface area contributed by atoms with Gasteiger partial charge in [-0.2, -0.15) is 0 Å². The maximum Gasteiger partial charge on any atom is 0.148 e. The van der Waals surface area contributed by atoms with Crippen LogP contribution in [0.4, 0.5) is 0 Å². The van der Waals surface area contributed by atoms with Crippen LogP contribution in [0.5, 0.6) is 0 Å². The lowest BCUT2D eigenvalue weighted by atomic mass is 9.98. The smallest absolute Gasteiger partial charge is 0.148 e. The molecule has 1 aliphatic heterocycles. The Morgan fingerprint density at radius 1 is 1.42 bits per heavy atom. The molecular weight excluding hydrogens is 278 g/mol. The SMILES string of the molecule is CS(=O)(=O)CCN1CCCCC1CCc1cccs1. The highest BCUT2D eigenvalue weighted by atomic mass is 32.2. The summed E-state index contributed by atoms with van der Waals surface area (Å²) in [6.07, 6.45) is 7.32. The van der Waals surface area contributed by atoms with Crippen LogP contribution in [0.1, 0.15) is 30.6 Å². The van der Waals surface area contributed by atoms with Crippen LogP contribution in [0.3, 0.4) is 0 Å². The Morgan fingerprint density at radius 3 is 2.95 bits per heavy atom. The van der Waals surface area contributed by atoms with Gasteiger partial charge >= 0.3 is 0 Å². The largest absolute Gasteiger partial charge is 0.299 e. The van der Waals surface area contributed by atoms with Crippen molar-refractivity contribution in [1.82, 2.24) is 4.90 Å². The zero-order chi connectivity index (χ0) is 13.7. The molecule has 1 aromatic heterocycles. The van der Waals surface area contributed by atoms with Crippen molar-refractivity contribution in [3.8, 4) is 0 Å². The third-order valence-corrected chi connectivity index (χ3v) is 5.66. The molecule has 2 rings (SSSR count). The summed E-state index contributed by atoms with van der Waals surface area (Å²) < 4.78 is 22.6. The lowest BCUT2D eigenvalue weighted by Crippen LogP contribution is -2.42. The number of likely N-dealkylation sites (tertiary alicyclic amines) is 1. The highest BCUT2D eigenvalue weighted by molar-refractivity contribution is 7.90. The Bertz CT molecular complexity index is 468. The number of thiophene rings is 1. The second-order valence-corrected chi connectivity index (χ2v) is 8.73. The summed E-state index contributed by atoms with van der Waals surface area (Å²) >= 11 is 1.82. The van der Waals surface area contributed by atoms with Crippen molar-refractivity contribution in [2.45, 2.75) is 38.1 Å². The molecule has 5 heteroatoms. The molecule has 1 fully saturated rings. The van der Waals surface area contributed by atoms with E-state index in [9.17, 15) is 8.42 Å². The van der Waals surface area contributed by atoms with Gasteiger partial charge in [-0.25, -0.2) is 8.42 Å². The molecule has 0 radical (unpaired) electrons. The second-order valence-electron chi connectivity index (χ2n) is 5.43. The molecule has 19 heavy (non-hydrogen) atoms. The highest BCUT2D eigenvalue weighted by Gasteiger charge is 2.22. The van der Waals surface area contributed by atoms with E-state index in [4.69, 9.17) is 0 Å². The van der Waals surface area contributed by atoms with E-state index < -0.39 is 9.84 Å². The topological polar surface area (TPSA) is 37.4 Å². The Morgan fingerprint density at radius 2 is 2.26 bits per heavy atom. The molecule has 1 aliphatic rings. The predicted molar refractivity (Wildman–Crippen MR) is 81.6 cm³/mol. The van der Waals surface area contributed by atoms with Crippen LogP contribution in [0.2, 0.25) is 0 Å². The average molecular weight is 301 g/mol. The molecular formula is C14H23NO2S2. The molecule has 1 aromatic rings. The van der Waals surface area contributed by atoms with E-state index in [0.717, 1.165) is 19.4 Å². The molecule has 0 N–H and O–H groups in total. The first kappa shape index (κ1) is 15.0. The van der Waals surface area contributed by atoms with Crippen molar-refractivity contribution in [1.29, 1.82) is 0 Å². The van der Waals surface area contributed by atoms with Crippen LogP contribution in [0, 0.1) is 0 Å². The lowest BCUT2D eigenvalue weighted by Gasteiger charge is -2.35. The minimum atomic E-state index is -2.84. The van der Waals surface area contributed by atoms with Gasteiger partial charge in [-0.3, -0.25) is 4.90 Å². The van der Waals surface area contributed by atoms with Gasteiger partial charge in [0, 0.05) is 23.7 Å². The minimum Gasteiger partial charge on any atom is -0.299 e. The standard InChI is InChI=1S/C14H23NO2S2/c1-19(16,17)12-10-15-9-3-2-5-13(15)7-8-14-6-4-11-18-14/h4,6,11,13H,2-3,5,7-10,12H2,1H3. The Labute approximate surface area is 120 Å². The summed E-state index contributed by atoms with van der Waals surface area (Å²) in [5.41, 5.74) is 0. The van der Waals surface area contributed by atoms with Crippen molar-refractivity contribution in [2.75, 3.05) is 25.1 Å². The monoisotopic (exact) mass is 301 g/mol. The summed E-state index contributed by atoms with van der Waals surface area (Å²) in [6.45, 7) is 1.76. The number of sulfone groups is 1. The molecule has 0 bridgehead atoms. The third-order valence-electron chi connectivity index (χ3n) is 3.80. The number of hydrogen-bond acceptors (Lipinski definition) is 4. The molecule has 0 aromatic carbocycles. The minimum absolute atomic E-state index is 0.294. The molecule has 0 amide bonds. The predicted octanol–water partition coefficient (Wildman–Crippen LogP) is 2.58. The lowest BCUT2D eigenvalue weighted by molar-refractivity contribution is 0.149. The summed E-state index contributed by atoms with van der Waals surface area (Å²) in [4.78, 5) is 3.83. The molecule has 0 aliphatic carbocycles. The van der Waals surface area contributed by atoms with Gasteiger partial charge in [0.2, 0.25) is 0 Å². The van der Waals surface area contributed by atoms with Crippen molar-refractivity contribution in [3.63, 3.8) is 0 Å². The Balaban J connectivity index is 1.85. The fourth-order valence-electron chi connectivity index (χ4n) is 2.73. The fourth-order valence-corrected chi connectivity index (χ4v) is 4.02. The number of nitrogens with zero attached hydrogens (tertiary/aromatic N) is 1. The zero-order valence-corrected chi connectivity index (χ0v) is 13.2. The van der Waals surface area contributed by atoms with E-state index in [0.29, 0.717) is 18.3 Å². The van der Waals surface area contributed by atoms with Crippen LogP contribution in [0.15, 0.2) is 17.5 Å². The number of hydrogen-bond donors (Lipinski definition) is 0. The van der Waals surface area contributed by atoms with Crippen LogP contribution < -0.4 is 0 Å². The highest BCUT2D eigenvalue weighted by Crippen LogP contribution is 2.22. The third kappa shape index (κ3) is 5.24. The van der Waals surface area contributed by atoms with E-state index in [1.54, 1.807) is 0 Å². The maximum atomic E-state index is 11.3. The summed E-state index contributed by atoms with van der Waals surface area (Å²) in [7, 11) is -2.84. The van der Waals surface area contributed by atoms with Gasteiger partial charge in [0.15, 0.2) is 0 Å². The molecule has 1 saturated heterocycles. The van der Waals surface area contributed by atoms with Gasteiger partial charge in [0.05, 0.1) is 5.75 Å². The molecule has 0 spiro atoms. The second kappa shape index (κ2) is 6.86. The van der Waals surface area contributed by atoms with Crippen LogP contribution in [-0.2, 0) is 16.3 Å². The first-order chi connectivity index (χ1) is 9.04. The maximum absolute atomic E-state index is 11.3. The van der Waals surface area contributed by atoms with Gasteiger partial charge in [0.25, 0.3) is 0 Å². The van der Waals surface area contributed by atoms with Crippen LogP contribution in [-0.4, -0.2) is 44.5 Å². The average Bonchev–Trinajstić information content (AvgIpc) is 2.87.